The standard InChI is InChI=1S/C32H22BrCl2F3N4O5/c33-15-3-8-23(43)20(10-15)25-17-6-7-18-24(28(45)40-27(18)44)19(17)11-21-29(46)42(30(47)31(21,25)13-1-4-16(34)5-2-13)41-26-22(35)9-14(12-39-26)32(36,37)38/h1-6,8-10,12,18-19,21,24-25,43H,7,11H2,(H,39,41)(H,40,44,45)/t18-,19+,21-,24-,25+,31+/m0/s1. The first kappa shape index (κ1) is 31.6. The van der Waals surface area contributed by atoms with Crippen LogP contribution >= 0.6 is 39.1 Å². The number of phenolic OH excluding ortho intramolecular Hbond substituents is 1. The summed E-state index contributed by atoms with van der Waals surface area (Å²) in [6, 6.07) is 11.6. The molecule has 1 saturated carbocycles. The molecule has 0 unspecified atom stereocenters. The molecule has 3 aromatic rings. The number of fused-ring (bicyclic) bond motifs is 4. The zero-order valence-electron chi connectivity index (χ0n) is 23.8. The number of carbonyl (C=O) groups excluding carboxylic acids is 4. The number of allylic oxidation sites excluding steroid dienone is 2. The van der Waals surface area contributed by atoms with Crippen LogP contribution in [0, 0.1) is 23.7 Å². The number of alkyl halides is 3. The highest BCUT2D eigenvalue weighted by atomic mass is 79.9. The number of pyridine rings is 1. The molecule has 2 aromatic carbocycles. The third-order valence-electron chi connectivity index (χ3n) is 9.70. The lowest BCUT2D eigenvalue weighted by atomic mass is 9.49. The van der Waals surface area contributed by atoms with Crippen molar-refractivity contribution in [2.75, 3.05) is 5.43 Å². The molecule has 2 saturated heterocycles. The molecule has 0 spiro atoms. The minimum atomic E-state index is -4.74. The van der Waals surface area contributed by atoms with E-state index >= 15 is 4.79 Å². The number of phenols is 1. The van der Waals surface area contributed by atoms with Gasteiger partial charge in [-0.05, 0) is 60.7 Å². The predicted molar refractivity (Wildman–Crippen MR) is 166 cm³/mol. The van der Waals surface area contributed by atoms with E-state index in [-0.39, 0.29) is 30.0 Å². The zero-order chi connectivity index (χ0) is 33.6. The van der Waals surface area contributed by atoms with E-state index in [0.29, 0.717) is 37.9 Å². The van der Waals surface area contributed by atoms with E-state index in [1.54, 1.807) is 36.4 Å². The number of nitrogens with zero attached hydrogens (tertiary/aromatic N) is 2. The number of hydrogen-bond donors (Lipinski definition) is 3. The molecule has 2 aliphatic carbocycles. The molecule has 2 aliphatic heterocycles. The molecule has 9 nitrogen and oxygen atoms in total. The number of carbonyl (C=O) groups is 4. The number of aromatic hydroxyl groups is 1. The lowest BCUT2D eigenvalue weighted by molar-refractivity contribution is -0.139. The van der Waals surface area contributed by atoms with E-state index in [2.05, 4.69) is 31.7 Å². The van der Waals surface area contributed by atoms with Gasteiger partial charge in [-0.1, -0.05) is 62.9 Å². The Kier molecular flexibility index (Phi) is 7.45. The Morgan fingerprint density at radius 2 is 1.74 bits per heavy atom. The highest BCUT2D eigenvalue weighted by molar-refractivity contribution is 9.10. The summed E-state index contributed by atoms with van der Waals surface area (Å²) in [4.78, 5) is 59.2. The van der Waals surface area contributed by atoms with Gasteiger partial charge in [0.25, 0.3) is 11.8 Å². The molecule has 4 amide bonds. The lowest BCUT2D eigenvalue weighted by Gasteiger charge is -2.50. The van der Waals surface area contributed by atoms with Gasteiger partial charge in [-0.15, -0.1) is 0 Å². The molecule has 6 atom stereocenters. The van der Waals surface area contributed by atoms with Crippen molar-refractivity contribution < 1.29 is 37.5 Å². The molecule has 242 valence electrons. The summed E-state index contributed by atoms with van der Waals surface area (Å²) in [5.74, 6) is -7.38. The van der Waals surface area contributed by atoms with Crippen molar-refractivity contribution in [2.24, 2.45) is 23.7 Å². The largest absolute Gasteiger partial charge is 0.508 e. The molecule has 3 heterocycles. The Morgan fingerprint density at radius 3 is 2.43 bits per heavy atom. The van der Waals surface area contributed by atoms with Gasteiger partial charge >= 0.3 is 6.18 Å². The Hall–Kier alpha value is -3.94. The molecule has 0 radical (unpaired) electrons. The second-order valence-corrected chi connectivity index (χ2v) is 13.7. The molecule has 0 bridgehead atoms. The lowest BCUT2D eigenvalue weighted by Crippen LogP contribution is -2.53. The van der Waals surface area contributed by atoms with Crippen LogP contribution in [0.15, 0.2) is 70.8 Å². The average Bonchev–Trinajstić information content (AvgIpc) is 3.43. The van der Waals surface area contributed by atoms with Crippen molar-refractivity contribution in [3.63, 3.8) is 0 Å². The van der Waals surface area contributed by atoms with Crippen LogP contribution in [0.1, 0.15) is 35.4 Å². The van der Waals surface area contributed by atoms with Gasteiger partial charge in [0.1, 0.15) is 5.75 Å². The first-order chi connectivity index (χ1) is 22.2. The summed E-state index contributed by atoms with van der Waals surface area (Å²) in [5.41, 5.74) is 0.947. The number of hydrazine groups is 1. The molecular weight excluding hydrogens is 728 g/mol. The fourth-order valence-electron chi connectivity index (χ4n) is 7.79. The highest BCUT2D eigenvalue weighted by Gasteiger charge is 2.70. The Morgan fingerprint density at radius 1 is 1.02 bits per heavy atom. The number of rotatable bonds is 4. The summed E-state index contributed by atoms with van der Waals surface area (Å²) >= 11 is 15.9. The van der Waals surface area contributed by atoms with Crippen LogP contribution in [0.3, 0.4) is 0 Å². The normalized spacial score (nSPS) is 28.4. The smallest absolute Gasteiger partial charge is 0.417 e. The summed E-state index contributed by atoms with van der Waals surface area (Å²) in [5, 5.41) is 14.3. The van der Waals surface area contributed by atoms with Gasteiger partial charge in [-0.25, -0.2) is 4.98 Å². The second-order valence-electron chi connectivity index (χ2n) is 12.0. The van der Waals surface area contributed by atoms with Crippen LogP contribution in [-0.2, 0) is 30.8 Å². The quantitative estimate of drug-likeness (QED) is 0.216. The van der Waals surface area contributed by atoms with Crippen LogP contribution < -0.4 is 10.7 Å². The topological polar surface area (TPSA) is 129 Å². The van der Waals surface area contributed by atoms with Gasteiger partial charge in [0.15, 0.2) is 5.82 Å². The summed E-state index contributed by atoms with van der Waals surface area (Å²) in [7, 11) is 0. The third kappa shape index (κ3) is 4.76. The number of benzene rings is 2. The van der Waals surface area contributed by atoms with E-state index in [9.17, 15) is 32.7 Å². The third-order valence-corrected chi connectivity index (χ3v) is 10.7. The monoisotopic (exact) mass is 748 g/mol. The van der Waals surface area contributed by atoms with E-state index in [4.69, 9.17) is 23.2 Å². The molecule has 1 aromatic heterocycles. The Labute approximate surface area is 283 Å². The van der Waals surface area contributed by atoms with Gasteiger partial charge < -0.3 is 5.11 Å². The maximum absolute atomic E-state index is 15.0. The van der Waals surface area contributed by atoms with Gasteiger partial charge in [-0.3, -0.25) is 29.9 Å². The molecular formula is C32H22BrCl2F3N4O5. The van der Waals surface area contributed by atoms with Gasteiger partial charge in [0, 0.05) is 27.2 Å². The number of anilines is 1. The maximum Gasteiger partial charge on any atom is 0.417 e. The molecule has 4 aliphatic rings. The first-order valence-electron chi connectivity index (χ1n) is 14.4. The second kappa shape index (κ2) is 11.1. The average molecular weight is 750 g/mol. The Balaban J connectivity index is 1.45. The first-order valence-corrected chi connectivity index (χ1v) is 15.9. The van der Waals surface area contributed by atoms with E-state index < -0.39 is 75.4 Å². The number of halogens is 6. The zero-order valence-corrected chi connectivity index (χ0v) is 26.9. The van der Waals surface area contributed by atoms with Crippen molar-refractivity contribution >= 4 is 68.6 Å². The summed E-state index contributed by atoms with van der Waals surface area (Å²) in [6.07, 6.45) is -2.24. The number of imide groups is 2. The molecule has 47 heavy (non-hydrogen) atoms. The molecule has 15 heteroatoms. The number of nitrogens with one attached hydrogen (secondary N) is 2. The minimum Gasteiger partial charge on any atom is -0.508 e. The van der Waals surface area contributed by atoms with Crippen LogP contribution in [0.4, 0.5) is 19.0 Å². The predicted octanol–water partition coefficient (Wildman–Crippen LogP) is 6.15. The Bertz CT molecular complexity index is 1920. The highest BCUT2D eigenvalue weighted by Crippen LogP contribution is 2.64. The van der Waals surface area contributed by atoms with Crippen molar-refractivity contribution in [1.29, 1.82) is 0 Å². The summed E-state index contributed by atoms with van der Waals surface area (Å²) in [6.45, 7) is 0. The van der Waals surface area contributed by atoms with Gasteiger partial charge in [0.05, 0.1) is 33.8 Å². The summed E-state index contributed by atoms with van der Waals surface area (Å²) < 4.78 is 40.5. The molecule has 3 fully saturated rings. The fourth-order valence-corrected chi connectivity index (χ4v) is 8.51. The maximum atomic E-state index is 15.0. The molecule has 7 rings (SSSR count). The SMILES string of the molecule is O=C1NC(=O)[C@H]2CC=C3[C@@H](C[C@H]4C(=O)N(Nc5ncc(C(F)(F)F)cc5Cl)C(=O)[C@@]4(c4ccc(Cl)cc4)[C@H]3c3cc(Br)ccc3O)[C@@H]12. The van der Waals surface area contributed by atoms with Crippen LogP contribution in [0.25, 0.3) is 0 Å². The van der Waals surface area contributed by atoms with E-state index in [1.807, 2.05) is 6.08 Å². The number of aromatic nitrogens is 1. The van der Waals surface area contributed by atoms with Gasteiger partial charge in [0.2, 0.25) is 11.8 Å². The van der Waals surface area contributed by atoms with E-state index in [0.717, 1.165) is 0 Å². The van der Waals surface area contributed by atoms with Crippen molar-refractivity contribution in [1.82, 2.24) is 15.3 Å². The molecule has 3 N–H and O–H groups in total. The minimum absolute atomic E-state index is 0.0292. The van der Waals surface area contributed by atoms with Crippen LogP contribution in [0.5, 0.6) is 5.75 Å². The number of amides is 4. The number of hydrogen-bond acceptors (Lipinski definition) is 7. The van der Waals surface area contributed by atoms with Crippen LogP contribution in [-0.4, -0.2) is 38.7 Å². The van der Waals surface area contributed by atoms with Crippen molar-refractivity contribution in [3.8, 4) is 5.75 Å². The van der Waals surface area contributed by atoms with E-state index in [1.165, 1.54) is 6.07 Å². The fraction of sp³-hybridized carbons (Fsp3) is 0.281. The van der Waals surface area contributed by atoms with Crippen molar-refractivity contribution in [3.05, 3.63) is 97.6 Å². The van der Waals surface area contributed by atoms with Crippen LogP contribution in [0.2, 0.25) is 10.0 Å². The van der Waals surface area contributed by atoms with Gasteiger partial charge in [-0.2, -0.15) is 18.2 Å². The van der Waals surface area contributed by atoms with Crippen molar-refractivity contribution in [2.45, 2.75) is 30.4 Å².